The molecule has 1 aromatic heterocycles. The van der Waals surface area contributed by atoms with Gasteiger partial charge in [-0.1, -0.05) is 24.3 Å². The van der Waals surface area contributed by atoms with Crippen LogP contribution in [0.25, 0.3) is 10.8 Å². The number of phenolic OH excluding ortho intramolecular Hbond substituents is 1. The average Bonchev–Trinajstić information content (AvgIpc) is 2.75. The van der Waals surface area contributed by atoms with E-state index in [0.29, 0.717) is 10.8 Å². The molecule has 3 aromatic carbocycles. The number of nitrogens with zero attached hydrogens (tertiary/aromatic N) is 1. The molecule has 0 aliphatic carbocycles. The largest absolute Gasteiger partial charge is 0.507 e. The highest BCUT2D eigenvalue weighted by atomic mass is 32.2. The molecule has 0 radical (unpaired) electrons. The Morgan fingerprint density at radius 1 is 0.719 bits per heavy atom. The monoisotopic (exact) mass is 474 g/mol. The second kappa shape index (κ2) is 9.32. The van der Waals surface area contributed by atoms with Crippen molar-refractivity contribution in [2.24, 2.45) is 0 Å². The number of pyridine rings is 1. The van der Waals surface area contributed by atoms with Crippen molar-refractivity contribution >= 4 is 42.4 Å². The van der Waals surface area contributed by atoms with Crippen molar-refractivity contribution in [2.45, 2.75) is 9.79 Å². The van der Waals surface area contributed by atoms with E-state index in [-0.39, 0.29) is 15.5 Å². The minimum Gasteiger partial charge on any atom is -0.507 e. The van der Waals surface area contributed by atoms with E-state index in [0.717, 1.165) is 23.6 Å². The molecular weight excluding hydrogens is 456 g/mol. The zero-order valence-electron chi connectivity index (χ0n) is 16.3. The Hall–Kier alpha value is -3.51. The third-order valence-electron chi connectivity index (χ3n) is 4.20. The summed E-state index contributed by atoms with van der Waals surface area (Å²) in [6.07, 6.45) is 2.50. The molecular formula is C21H18N2O7S2. The standard InChI is InChI=1S/C16H13NO4S.C5H5NO3S/c18-16-10-14(22(19,20)21)8-11-6-7-13(9-15(11)16)17-12-4-2-1-3-5-12;7-10(8,9)5-2-1-3-6-4-5/h1-10,17-18H,(H,19,20,21);1-4H,(H,7,8,9). The van der Waals surface area contributed by atoms with E-state index in [1.54, 1.807) is 18.2 Å². The van der Waals surface area contributed by atoms with Crippen LogP contribution in [0.15, 0.2) is 95.0 Å². The van der Waals surface area contributed by atoms with Crippen LogP contribution in [0.2, 0.25) is 0 Å². The summed E-state index contributed by atoms with van der Waals surface area (Å²) in [5.41, 5.74) is 1.66. The smallest absolute Gasteiger partial charge is 0.296 e. The van der Waals surface area contributed by atoms with Gasteiger partial charge in [0.15, 0.2) is 0 Å². The first-order valence-electron chi connectivity index (χ1n) is 8.98. The van der Waals surface area contributed by atoms with Gasteiger partial charge in [0.05, 0.1) is 4.90 Å². The molecule has 0 spiro atoms. The first-order valence-corrected chi connectivity index (χ1v) is 11.9. The summed E-state index contributed by atoms with van der Waals surface area (Å²) in [6.45, 7) is 0. The van der Waals surface area contributed by atoms with Crippen LogP contribution >= 0.6 is 0 Å². The molecule has 0 unspecified atom stereocenters. The molecule has 0 aliphatic rings. The minimum absolute atomic E-state index is 0.185. The number of anilines is 2. The van der Waals surface area contributed by atoms with Crippen LogP contribution in [0.3, 0.4) is 0 Å². The first kappa shape index (κ1) is 23.2. The summed E-state index contributed by atoms with van der Waals surface area (Å²) in [5, 5.41) is 14.2. The van der Waals surface area contributed by atoms with Gasteiger partial charge in [-0.05, 0) is 47.9 Å². The third-order valence-corrected chi connectivity index (χ3v) is 5.87. The van der Waals surface area contributed by atoms with Crippen LogP contribution in [-0.2, 0) is 20.2 Å². The van der Waals surface area contributed by atoms with Crippen molar-refractivity contribution in [3.05, 3.63) is 85.2 Å². The zero-order valence-corrected chi connectivity index (χ0v) is 18.0. The number of para-hydroxylation sites is 1. The van der Waals surface area contributed by atoms with E-state index in [1.807, 2.05) is 30.3 Å². The molecule has 4 N–H and O–H groups in total. The van der Waals surface area contributed by atoms with Gasteiger partial charge in [0.25, 0.3) is 20.2 Å². The van der Waals surface area contributed by atoms with Gasteiger partial charge >= 0.3 is 0 Å². The molecule has 4 rings (SSSR count). The van der Waals surface area contributed by atoms with E-state index in [1.165, 1.54) is 24.4 Å². The van der Waals surface area contributed by atoms with Gasteiger partial charge in [-0.15, -0.1) is 0 Å². The Balaban J connectivity index is 0.000000243. The molecule has 0 saturated carbocycles. The molecule has 0 amide bonds. The number of rotatable bonds is 4. The molecule has 0 saturated heterocycles. The molecule has 0 bridgehead atoms. The van der Waals surface area contributed by atoms with Crippen molar-refractivity contribution in [3.8, 4) is 5.75 Å². The highest BCUT2D eigenvalue weighted by molar-refractivity contribution is 7.86. The van der Waals surface area contributed by atoms with E-state index in [9.17, 15) is 21.9 Å². The second-order valence-electron chi connectivity index (χ2n) is 6.51. The maximum absolute atomic E-state index is 11.2. The molecule has 11 heteroatoms. The number of fused-ring (bicyclic) bond motifs is 1. The molecule has 9 nitrogen and oxygen atoms in total. The lowest BCUT2D eigenvalue weighted by atomic mass is 10.1. The van der Waals surface area contributed by atoms with Gasteiger partial charge in [-0.25, -0.2) is 0 Å². The van der Waals surface area contributed by atoms with Crippen molar-refractivity contribution < 1.29 is 31.0 Å². The van der Waals surface area contributed by atoms with Gasteiger partial charge in [0.2, 0.25) is 0 Å². The lowest BCUT2D eigenvalue weighted by Crippen LogP contribution is -1.98. The van der Waals surface area contributed by atoms with Gasteiger partial charge in [0.1, 0.15) is 10.6 Å². The van der Waals surface area contributed by atoms with Gasteiger partial charge in [0, 0.05) is 35.2 Å². The molecule has 1 heterocycles. The summed E-state index contributed by atoms with van der Waals surface area (Å²) < 4.78 is 60.5. The molecule has 0 fully saturated rings. The number of phenols is 1. The van der Waals surface area contributed by atoms with Crippen LogP contribution in [0.4, 0.5) is 11.4 Å². The van der Waals surface area contributed by atoms with Crippen LogP contribution in [0, 0.1) is 0 Å². The predicted molar refractivity (Wildman–Crippen MR) is 119 cm³/mol. The lowest BCUT2D eigenvalue weighted by Gasteiger charge is -2.09. The Morgan fingerprint density at radius 3 is 1.97 bits per heavy atom. The van der Waals surface area contributed by atoms with Gasteiger partial charge in [-0.2, -0.15) is 16.8 Å². The Morgan fingerprint density at radius 2 is 1.41 bits per heavy atom. The quantitative estimate of drug-likeness (QED) is 0.323. The number of aromatic hydroxyl groups is 1. The summed E-state index contributed by atoms with van der Waals surface area (Å²) in [7, 11) is -8.42. The van der Waals surface area contributed by atoms with Crippen LogP contribution in [0.5, 0.6) is 5.75 Å². The van der Waals surface area contributed by atoms with Gasteiger partial charge in [-0.3, -0.25) is 14.1 Å². The lowest BCUT2D eigenvalue weighted by molar-refractivity contribution is 0.471. The highest BCUT2D eigenvalue weighted by Gasteiger charge is 2.13. The molecule has 4 aromatic rings. The highest BCUT2D eigenvalue weighted by Crippen LogP contribution is 2.31. The summed E-state index contributed by atoms with van der Waals surface area (Å²) in [4.78, 5) is 2.99. The molecule has 32 heavy (non-hydrogen) atoms. The molecule has 0 aliphatic heterocycles. The van der Waals surface area contributed by atoms with Crippen LogP contribution in [0.1, 0.15) is 0 Å². The summed E-state index contributed by atoms with van der Waals surface area (Å²) in [5.74, 6) is -0.207. The Bertz CT molecular complexity index is 1440. The normalized spacial score (nSPS) is 11.4. The summed E-state index contributed by atoms with van der Waals surface area (Å²) in [6, 6.07) is 19.7. The number of hydrogen-bond acceptors (Lipinski definition) is 7. The fourth-order valence-electron chi connectivity index (χ4n) is 2.73. The zero-order chi connectivity index (χ0) is 23.4. The first-order chi connectivity index (χ1) is 15.0. The SMILES string of the molecule is O=S(=O)(O)c1cc(O)c2cc(Nc3ccccc3)ccc2c1.O=S(=O)(O)c1cccnc1. The molecule has 166 valence electrons. The van der Waals surface area contributed by atoms with Crippen LogP contribution in [-0.4, -0.2) is 36.0 Å². The molecule has 0 atom stereocenters. The van der Waals surface area contributed by atoms with Crippen molar-refractivity contribution in [3.63, 3.8) is 0 Å². The maximum Gasteiger partial charge on any atom is 0.296 e. The fourth-order valence-corrected chi connectivity index (χ4v) is 3.71. The van der Waals surface area contributed by atoms with Gasteiger partial charge < -0.3 is 10.4 Å². The minimum atomic E-state index is -4.35. The van der Waals surface area contributed by atoms with E-state index >= 15 is 0 Å². The number of nitrogens with one attached hydrogen (secondary N) is 1. The van der Waals surface area contributed by atoms with Crippen molar-refractivity contribution in [2.75, 3.05) is 5.32 Å². The number of hydrogen-bond donors (Lipinski definition) is 4. The topological polar surface area (TPSA) is 154 Å². The average molecular weight is 475 g/mol. The number of aromatic nitrogens is 1. The van der Waals surface area contributed by atoms with Crippen LogP contribution < -0.4 is 5.32 Å². The Labute approximate surface area is 184 Å². The fraction of sp³-hybridized carbons (Fsp3) is 0. The van der Waals surface area contributed by atoms with Crippen molar-refractivity contribution in [1.82, 2.24) is 4.98 Å². The van der Waals surface area contributed by atoms with E-state index in [2.05, 4.69) is 10.3 Å². The van der Waals surface area contributed by atoms with E-state index < -0.39 is 20.2 Å². The summed E-state index contributed by atoms with van der Waals surface area (Å²) >= 11 is 0. The third kappa shape index (κ3) is 6.02. The number of benzene rings is 3. The maximum atomic E-state index is 11.2. The van der Waals surface area contributed by atoms with Crippen molar-refractivity contribution in [1.29, 1.82) is 0 Å². The Kier molecular flexibility index (Phi) is 6.75. The van der Waals surface area contributed by atoms with E-state index in [4.69, 9.17) is 9.11 Å². The second-order valence-corrected chi connectivity index (χ2v) is 9.35. The predicted octanol–water partition coefficient (Wildman–Crippen LogP) is 3.86.